The van der Waals surface area contributed by atoms with E-state index in [-0.39, 0.29) is 12.3 Å². The third-order valence-corrected chi connectivity index (χ3v) is 2.93. The van der Waals surface area contributed by atoms with Crippen molar-refractivity contribution in [3.8, 4) is 0 Å². The summed E-state index contributed by atoms with van der Waals surface area (Å²) in [6, 6.07) is 0. The average molecular weight is 241 g/mol. The number of hydrogen-bond acceptors (Lipinski definition) is 4. The van der Waals surface area contributed by atoms with Crippen molar-refractivity contribution in [3.63, 3.8) is 0 Å². The zero-order valence-corrected chi connectivity index (χ0v) is 9.93. The van der Waals surface area contributed by atoms with E-state index >= 15 is 0 Å². The maximum Gasteiger partial charge on any atom is 0.356 e. The molecule has 2 rings (SSSR count). The van der Waals surface area contributed by atoms with Crippen LogP contribution in [-0.4, -0.2) is 39.8 Å². The number of β-lactam (4-membered cyclic amide) rings is 1. The first-order valence-electron chi connectivity index (χ1n) is 5.37. The minimum atomic E-state index is -1.18. The molecule has 0 aromatic rings. The standard InChI is InChI=1S/C11H15NO5/c1-11(2,3)7-6(10(15)16)12-8(14)5(4-13)9(12)17-7/h5,9,13H,4H2,1-3H3,(H,15,16)/t5-,9+/m0/s1. The SMILES string of the molecule is CC(C)(C)C1=C(C(=O)O)N2C(=O)[C@H](CO)[C@H]2O1. The molecular formula is C11H15NO5. The van der Waals surface area contributed by atoms with Crippen LogP contribution in [0.2, 0.25) is 0 Å². The van der Waals surface area contributed by atoms with E-state index in [1.54, 1.807) is 0 Å². The summed E-state index contributed by atoms with van der Waals surface area (Å²) in [6.07, 6.45) is -0.659. The lowest BCUT2D eigenvalue weighted by atomic mass is 9.92. The van der Waals surface area contributed by atoms with E-state index in [0.717, 1.165) is 4.90 Å². The molecule has 6 heteroatoms. The molecular weight excluding hydrogens is 226 g/mol. The van der Waals surface area contributed by atoms with E-state index in [2.05, 4.69) is 0 Å². The summed E-state index contributed by atoms with van der Waals surface area (Å²) in [7, 11) is 0. The Morgan fingerprint density at radius 3 is 2.47 bits per heavy atom. The molecule has 2 aliphatic rings. The molecule has 1 saturated heterocycles. The van der Waals surface area contributed by atoms with Crippen LogP contribution in [0.15, 0.2) is 11.5 Å². The van der Waals surface area contributed by atoms with Crippen LogP contribution in [0.1, 0.15) is 20.8 Å². The summed E-state index contributed by atoms with van der Waals surface area (Å²) in [5.74, 6) is -1.93. The lowest BCUT2D eigenvalue weighted by molar-refractivity contribution is -0.176. The molecule has 17 heavy (non-hydrogen) atoms. The van der Waals surface area contributed by atoms with Gasteiger partial charge in [-0.25, -0.2) is 4.79 Å². The van der Waals surface area contributed by atoms with Gasteiger partial charge in [0.1, 0.15) is 11.7 Å². The van der Waals surface area contributed by atoms with Crippen molar-refractivity contribution in [2.24, 2.45) is 11.3 Å². The second-order valence-corrected chi connectivity index (χ2v) is 5.24. The van der Waals surface area contributed by atoms with Crippen molar-refractivity contribution in [3.05, 3.63) is 11.5 Å². The normalized spacial score (nSPS) is 27.8. The van der Waals surface area contributed by atoms with Crippen LogP contribution in [0.4, 0.5) is 0 Å². The van der Waals surface area contributed by atoms with Gasteiger partial charge >= 0.3 is 5.97 Å². The summed E-state index contributed by atoms with van der Waals surface area (Å²) in [6.45, 7) is 5.12. The molecule has 0 aromatic carbocycles. The maximum absolute atomic E-state index is 11.7. The molecule has 0 radical (unpaired) electrons. The van der Waals surface area contributed by atoms with Crippen molar-refractivity contribution in [1.82, 2.24) is 4.90 Å². The number of ether oxygens (including phenoxy) is 1. The monoisotopic (exact) mass is 241 g/mol. The number of carbonyl (C=O) groups is 2. The van der Waals surface area contributed by atoms with Gasteiger partial charge in [-0.15, -0.1) is 0 Å². The van der Waals surface area contributed by atoms with Crippen molar-refractivity contribution in [2.75, 3.05) is 6.61 Å². The zero-order valence-electron chi connectivity index (χ0n) is 9.93. The molecule has 0 spiro atoms. The summed E-state index contributed by atoms with van der Waals surface area (Å²) < 4.78 is 5.52. The molecule has 2 atom stereocenters. The lowest BCUT2D eigenvalue weighted by Gasteiger charge is -2.40. The van der Waals surface area contributed by atoms with Crippen LogP contribution in [0.25, 0.3) is 0 Å². The fourth-order valence-electron chi connectivity index (χ4n) is 2.08. The number of carbonyl (C=O) groups excluding carboxylic acids is 1. The molecule has 94 valence electrons. The van der Waals surface area contributed by atoms with Crippen LogP contribution in [0.3, 0.4) is 0 Å². The molecule has 0 aromatic heterocycles. The van der Waals surface area contributed by atoms with Crippen molar-refractivity contribution in [1.29, 1.82) is 0 Å². The number of aliphatic hydroxyl groups is 1. The topological polar surface area (TPSA) is 87.1 Å². The fraction of sp³-hybridized carbons (Fsp3) is 0.636. The van der Waals surface area contributed by atoms with Gasteiger partial charge in [0.2, 0.25) is 5.91 Å². The summed E-state index contributed by atoms with van der Waals surface area (Å²) in [4.78, 5) is 24.0. The van der Waals surface area contributed by atoms with Crippen LogP contribution in [0, 0.1) is 11.3 Å². The summed E-state index contributed by atoms with van der Waals surface area (Å²) in [5.41, 5.74) is -0.595. The Labute approximate surface area is 98.5 Å². The Kier molecular flexibility index (Phi) is 2.43. The predicted octanol–water partition coefficient (Wildman–Crippen LogP) is 0.136. The first kappa shape index (κ1) is 11.9. The van der Waals surface area contributed by atoms with Gasteiger partial charge < -0.3 is 14.9 Å². The number of aliphatic carboxylic acids is 1. The highest BCUT2D eigenvalue weighted by molar-refractivity contribution is 5.98. The minimum Gasteiger partial charge on any atom is -0.476 e. The summed E-state index contributed by atoms with van der Waals surface area (Å²) >= 11 is 0. The molecule has 0 saturated carbocycles. The zero-order chi connectivity index (χ0) is 13.0. The second-order valence-electron chi connectivity index (χ2n) is 5.24. The van der Waals surface area contributed by atoms with E-state index in [1.807, 2.05) is 20.8 Å². The molecule has 1 fully saturated rings. The van der Waals surface area contributed by atoms with Crippen molar-refractivity contribution in [2.45, 2.75) is 27.0 Å². The molecule has 0 aliphatic carbocycles. The van der Waals surface area contributed by atoms with E-state index in [0.29, 0.717) is 5.76 Å². The van der Waals surface area contributed by atoms with Crippen LogP contribution >= 0.6 is 0 Å². The summed E-state index contributed by atoms with van der Waals surface area (Å²) in [5, 5.41) is 18.2. The number of fused-ring (bicyclic) bond motifs is 1. The fourth-order valence-corrected chi connectivity index (χ4v) is 2.08. The minimum absolute atomic E-state index is 0.0998. The highest BCUT2D eigenvalue weighted by Crippen LogP contribution is 2.45. The van der Waals surface area contributed by atoms with Crippen LogP contribution < -0.4 is 0 Å². The highest BCUT2D eigenvalue weighted by atomic mass is 16.5. The Balaban J connectivity index is 2.40. The number of carboxylic acids is 1. The van der Waals surface area contributed by atoms with Crippen LogP contribution in [0.5, 0.6) is 0 Å². The number of nitrogens with zero attached hydrogens (tertiary/aromatic N) is 1. The smallest absolute Gasteiger partial charge is 0.356 e. The third-order valence-electron chi connectivity index (χ3n) is 2.93. The van der Waals surface area contributed by atoms with Gasteiger partial charge in [0, 0.05) is 5.41 Å². The quantitative estimate of drug-likeness (QED) is 0.671. The van der Waals surface area contributed by atoms with Gasteiger partial charge in [0.25, 0.3) is 0 Å². The molecule has 0 unspecified atom stereocenters. The van der Waals surface area contributed by atoms with E-state index < -0.39 is 29.4 Å². The van der Waals surface area contributed by atoms with Gasteiger partial charge in [-0.3, -0.25) is 9.69 Å². The van der Waals surface area contributed by atoms with Gasteiger partial charge in [-0.05, 0) is 0 Å². The first-order valence-corrected chi connectivity index (χ1v) is 5.37. The molecule has 0 bridgehead atoms. The second kappa shape index (κ2) is 3.46. The highest BCUT2D eigenvalue weighted by Gasteiger charge is 2.58. The van der Waals surface area contributed by atoms with Gasteiger partial charge in [-0.2, -0.15) is 0 Å². The van der Waals surface area contributed by atoms with E-state index in [4.69, 9.17) is 14.9 Å². The van der Waals surface area contributed by atoms with E-state index in [9.17, 15) is 9.59 Å². The number of amides is 1. The number of carboxylic acid groups (broad SMARTS) is 1. The Hall–Kier alpha value is -1.56. The Bertz CT molecular complexity index is 420. The number of aliphatic hydroxyl groups excluding tert-OH is 1. The maximum atomic E-state index is 11.7. The van der Waals surface area contributed by atoms with Crippen molar-refractivity contribution >= 4 is 11.9 Å². The number of allylic oxidation sites excluding steroid dienone is 1. The van der Waals surface area contributed by atoms with Gasteiger partial charge in [0.15, 0.2) is 11.9 Å². The largest absolute Gasteiger partial charge is 0.476 e. The van der Waals surface area contributed by atoms with Crippen LogP contribution in [-0.2, 0) is 14.3 Å². The molecule has 2 N–H and O–H groups in total. The lowest BCUT2D eigenvalue weighted by Crippen LogP contribution is -2.60. The Morgan fingerprint density at radius 2 is 2.06 bits per heavy atom. The molecule has 2 heterocycles. The van der Waals surface area contributed by atoms with Gasteiger partial charge in [-0.1, -0.05) is 20.8 Å². The Morgan fingerprint density at radius 1 is 1.47 bits per heavy atom. The van der Waals surface area contributed by atoms with E-state index in [1.165, 1.54) is 0 Å². The predicted molar refractivity (Wildman–Crippen MR) is 56.4 cm³/mol. The number of rotatable bonds is 2. The third kappa shape index (κ3) is 1.51. The van der Waals surface area contributed by atoms with Crippen molar-refractivity contribution < 1.29 is 24.5 Å². The molecule has 2 aliphatic heterocycles. The van der Waals surface area contributed by atoms with Gasteiger partial charge in [0.05, 0.1) is 6.61 Å². The number of hydrogen-bond donors (Lipinski definition) is 2. The first-order chi connectivity index (χ1) is 7.79. The average Bonchev–Trinajstić information content (AvgIpc) is 2.53. The molecule has 6 nitrogen and oxygen atoms in total. The molecule has 1 amide bonds.